The Labute approximate surface area is 245 Å². The second-order valence-electron chi connectivity index (χ2n) is 10.6. The Balaban J connectivity index is 1.62. The van der Waals surface area contributed by atoms with Crippen LogP contribution in [0.1, 0.15) is 40.5 Å². The molecule has 0 radical (unpaired) electrons. The summed E-state index contributed by atoms with van der Waals surface area (Å²) in [6.45, 7) is 10.7. The molecule has 0 saturated heterocycles. The number of nitrogens with zero attached hydrogens (tertiary/aromatic N) is 2. The first-order chi connectivity index (χ1) is 19.5. The van der Waals surface area contributed by atoms with Crippen molar-refractivity contribution >= 4 is 23.1 Å². The molecular weight excluding hydrogens is 504 g/mol. The minimum absolute atomic E-state index is 0.484. The second kappa shape index (κ2) is 13.1. The first kappa shape index (κ1) is 27.9. The van der Waals surface area contributed by atoms with E-state index in [1.807, 2.05) is 11.8 Å². The first-order valence-electron chi connectivity index (χ1n) is 14.3. The molecule has 2 heterocycles. The van der Waals surface area contributed by atoms with Crippen LogP contribution in [0.3, 0.4) is 0 Å². The van der Waals surface area contributed by atoms with Crippen LogP contribution >= 0.6 is 11.8 Å². The molecular formula is C37H40N2S. The van der Waals surface area contributed by atoms with E-state index in [-0.39, 0.29) is 0 Å². The van der Waals surface area contributed by atoms with Crippen LogP contribution in [0.15, 0.2) is 154 Å². The van der Waals surface area contributed by atoms with Gasteiger partial charge in [0, 0.05) is 41.1 Å². The molecule has 0 spiro atoms. The Bertz CT molecular complexity index is 1450. The molecule has 0 amide bonds. The maximum Gasteiger partial charge on any atom is 0.0487 e. The lowest BCUT2D eigenvalue weighted by atomic mass is 9.95. The number of rotatable bonds is 4. The third-order valence-corrected chi connectivity index (χ3v) is 8.99. The Morgan fingerprint density at radius 1 is 0.800 bits per heavy atom. The fourth-order valence-electron chi connectivity index (χ4n) is 5.39. The van der Waals surface area contributed by atoms with Gasteiger partial charge in [0.1, 0.15) is 0 Å². The molecule has 1 atom stereocenters. The smallest absolute Gasteiger partial charge is 0.0487 e. The summed E-state index contributed by atoms with van der Waals surface area (Å²) in [7, 11) is 0. The quantitative estimate of drug-likeness (QED) is 0.378. The van der Waals surface area contributed by atoms with Crippen LogP contribution < -0.4 is 9.80 Å². The maximum absolute atomic E-state index is 2.50. The first-order valence-corrected chi connectivity index (χ1v) is 15.2. The van der Waals surface area contributed by atoms with Crippen LogP contribution in [-0.4, -0.2) is 18.3 Å². The van der Waals surface area contributed by atoms with E-state index in [1.165, 1.54) is 50.0 Å². The van der Waals surface area contributed by atoms with E-state index in [0.29, 0.717) is 5.25 Å². The summed E-state index contributed by atoms with van der Waals surface area (Å²) in [5, 5.41) is 0.484. The lowest BCUT2D eigenvalue weighted by Crippen LogP contribution is -2.25. The second-order valence-corrected chi connectivity index (χ2v) is 12.1. The van der Waals surface area contributed by atoms with Gasteiger partial charge in [-0.15, -0.1) is 11.8 Å². The Hall–Kier alpha value is -3.69. The number of anilines is 2. The normalized spacial score (nSPS) is 26.9. The zero-order chi connectivity index (χ0) is 27.9. The molecule has 0 saturated carbocycles. The largest absolute Gasteiger partial charge is 0.364 e. The van der Waals surface area contributed by atoms with Crippen molar-refractivity contribution in [2.75, 3.05) is 22.9 Å². The van der Waals surface area contributed by atoms with Gasteiger partial charge >= 0.3 is 0 Å². The molecule has 3 aliphatic rings. The molecule has 2 nitrogen and oxygen atoms in total. The minimum atomic E-state index is 0.484. The van der Waals surface area contributed by atoms with Crippen molar-refractivity contribution in [3.05, 3.63) is 154 Å². The van der Waals surface area contributed by atoms with Crippen LogP contribution in [0.2, 0.25) is 0 Å². The summed E-state index contributed by atoms with van der Waals surface area (Å²) < 4.78 is 0. The van der Waals surface area contributed by atoms with Crippen LogP contribution in [0, 0.1) is 0 Å². The van der Waals surface area contributed by atoms with Crippen molar-refractivity contribution in [1.82, 2.24) is 0 Å². The summed E-state index contributed by atoms with van der Waals surface area (Å²) in [5.74, 6) is 0. The zero-order valence-corrected chi connectivity index (χ0v) is 25.0. The van der Waals surface area contributed by atoms with Gasteiger partial charge in [-0.05, 0) is 104 Å². The third-order valence-electron chi connectivity index (χ3n) is 7.75. The highest BCUT2D eigenvalue weighted by atomic mass is 32.2. The predicted molar refractivity (Wildman–Crippen MR) is 177 cm³/mol. The van der Waals surface area contributed by atoms with Crippen molar-refractivity contribution in [2.45, 2.75) is 45.8 Å². The van der Waals surface area contributed by atoms with E-state index in [9.17, 15) is 0 Å². The van der Waals surface area contributed by atoms with Crippen molar-refractivity contribution in [1.29, 1.82) is 0 Å². The topological polar surface area (TPSA) is 6.48 Å². The van der Waals surface area contributed by atoms with Crippen LogP contribution in [0.4, 0.5) is 11.4 Å². The van der Waals surface area contributed by atoms with Gasteiger partial charge in [0.2, 0.25) is 0 Å². The van der Waals surface area contributed by atoms with E-state index in [4.69, 9.17) is 0 Å². The van der Waals surface area contributed by atoms with Crippen molar-refractivity contribution in [3.8, 4) is 0 Å². The SMILES string of the molecule is CC1=C(N(C2=CC3=C(CC2)SC(C)/C=C\C=C\3C)c2ccccc2)\C=C/CN(c2ccccc2)C/C=C\C=C\1C. The minimum Gasteiger partial charge on any atom is -0.364 e. The molecule has 0 N–H and O–H groups in total. The standard InChI is InChI=1S/C37H40N2S/c1-28-15-11-12-25-38(32-18-7-5-8-19-32)26-14-22-36(31(28)4)39(33-20-9-6-10-21-33)34-23-24-37-35(27-34)29(2)16-13-17-30(3)40-37/h5-22,27,30H,23-26H2,1-4H3/b12-11-,17-13-,22-14-,28-15+,29-16+,36-31-. The third kappa shape index (κ3) is 6.54. The molecule has 204 valence electrons. The van der Waals surface area contributed by atoms with Gasteiger partial charge in [-0.3, -0.25) is 0 Å². The molecule has 0 fully saturated rings. The highest BCUT2D eigenvalue weighted by Crippen LogP contribution is 2.42. The Kier molecular flexibility index (Phi) is 9.13. The number of para-hydroxylation sites is 2. The number of benzene rings is 2. The molecule has 0 aromatic heterocycles. The van der Waals surface area contributed by atoms with Crippen LogP contribution in [-0.2, 0) is 0 Å². The van der Waals surface area contributed by atoms with E-state index >= 15 is 0 Å². The average Bonchev–Trinajstić information content (AvgIpc) is 3.00. The van der Waals surface area contributed by atoms with Gasteiger partial charge in [-0.2, -0.15) is 0 Å². The van der Waals surface area contributed by atoms with Gasteiger partial charge in [0.15, 0.2) is 0 Å². The maximum atomic E-state index is 2.50. The van der Waals surface area contributed by atoms with E-state index < -0.39 is 0 Å². The fourth-order valence-corrected chi connectivity index (χ4v) is 6.57. The molecule has 2 aromatic carbocycles. The molecule has 1 aliphatic carbocycles. The summed E-state index contributed by atoms with van der Waals surface area (Å²) in [6, 6.07) is 21.6. The fraction of sp³-hybridized carbons (Fsp3) is 0.243. The highest BCUT2D eigenvalue weighted by Gasteiger charge is 2.24. The van der Waals surface area contributed by atoms with Gasteiger partial charge in [-0.25, -0.2) is 0 Å². The lowest BCUT2D eigenvalue weighted by molar-refractivity contribution is 0.876. The van der Waals surface area contributed by atoms with Gasteiger partial charge in [0.05, 0.1) is 0 Å². The van der Waals surface area contributed by atoms with Crippen molar-refractivity contribution < 1.29 is 0 Å². The Morgan fingerprint density at radius 2 is 1.50 bits per heavy atom. The predicted octanol–water partition coefficient (Wildman–Crippen LogP) is 9.92. The Morgan fingerprint density at radius 3 is 2.27 bits per heavy atom. The van der Waals surface area contributed by atoms with Crippen molar-refractivity contribution in [2.24, 2.45) is 0 Å². The van der Waals surface area contributed by atoms with Crippen LogP contribution in [0.25, 0.3) is 0 Å². The number of hydrogen-bond acceptors (Lipinski definition) is 3. The lowest BCUT2D eigenvalue weighted by Gasteiger charge is -2.34. The zero-order valence-electron chi connectivity index (χ0n) is 24.2. The van der Waals surface area contributed by atoms with E-state index in [1.54, 1.807) is 0 Å². The molecule has 2 aliphatic heterocycles. The van der Waals surface area contributed by atoms with Crippen LogP contribution in [0.5, 0.6) is 0 Å². The van der Waals surface area contributed by atoms with Gasteiger partial charge in [0.25, 0.3) is 0 Å². The van der Waals surface area contributed by atoms with Gasteiger partial charge < -0.3 is 9.80 Å². The molecule has 40 heavy (non-hydrogen) atoms. The average molecular weight is 545 g/mol. The van der Waals surface area contributed by atoms with E-state index in [0.717, 1.165) is 25.9 Å². The molecule has 1 unspecified atom stereocenters. The van der Waals surface area contributed by atoms with E-state index in [2.05, 4.69) is 153 Å². The summed E-state index contributed by atoms with van der Waals surface area (Å²) in [6.07, 6.45) is 22.7. The monoisotopic (exact) mass is 544 g/mol. The van der Waals surface area contributed by atoms with Crippen molar-refractivity contribution in [3.63, 3.8) is 0 Å². The summed E-state index contributed by atoms with van der Waals surface area (Å²) >= 11 is 2.01. The number of allylic oxidation sites excluding steroid dienone is 12. The molecule has 3 heteroatoms. The molecule has 5 rings (SSSR count). The highest BCUT2D eigenvalue weighted by molar-refractivity contribution is 8.03. The molecule has 2 aromatic rings. The number of hydrogen-bond donors (Lipinski definition) is 0. The van der Waals surface area contributed by atoms with Gasteiger partial charge in [-0.1, -0.05) is 78.9 Å². The summed E-state index contributed by atoms with van der Waals surface area (Å²) in [5.41, 5.74) is 10.3. The number of thioether (sulfide) groups is 1. The molecule has 0 bridgehead atoms. The summed E-state index contributed by atoms with van der Waals surface area (Å²) in [4.78, 5) is 6.41.